The summed E-state index contributed by atoms with van der Waals surface area (Å²) in [7, 11) is 0. The van der Waals surface area contributed by atoms with Crippen molar-refractivity contribution in [3.63, 3.8) is 0 Å². The van der Waals surface area contributed by atoms with E-state index in [0.717, 1.165) is 22.4 Å². The van der Waals surface area contributed by atoms with Crippen molar-refractivity contribution in [2.24, 2.45) is 0 Å². The van der Waals surface area contributed by atoms with Gasteiger partial charge in [-0.25, -0.2) is 0 Å². The normalized spacial score (nSPS) is 11.5. The first-order chi connectivity index (χ1) is 30.5. The van der Waals surface area contributed by atoms with E-state index >= 15 is 0 Å². The van der Waals surface area contributed by atoms with Crippen molar-refractivity contribution in [2.45, 2.75) is 113 Å². The third kappa shape index (κ3) is 12.9. The first-order valence-corrected chi connectivity index (χ1v) is 22.9. The lowest BCUT2D eigenvalue weighted by atomic mass is 9.93. The Hall–Kier alpha value is -6.26. The van der Waals surface area contributed by atoms with Crippen molar-refractivity contribution >= 4 is 32.3 Å². The van der Waals surface area contributed by atoms with Crippen LogP contribution in [0.2, 0.25) is 0 Å². The van der Waals surface area contributed by atoms with Gasteiger partial charge in [0.1, 0.15) is 11.5 Å². The Morgan fingerprint density at radius 1 is 0.391 bits per heavy atom. The van der Waals surface area contributed by atoms with Crippen LogP contribution in [-0.4, -0.2) is 17.0 Å². The van der Waals surface area contributed by atoms with Crippen LogP contribution in [0.15, 0.2) is 152 Å². The first kappa shape index (κ1) is 48.8. The summed E-state index contributed by atoms with van der Waals surface area (Å²) in [4.78, 5) is 0. The van der Waals surface area contributed by atoms with Gasteiger partial charge in [0.25, 0.3) is 0 Å². The smallest absolute Gasteiger partial charge is 0.231 e. The van der Waals surface area contributed by atoms with Crippen LogP contribution in [0.5, 0.6) is 23.0 Å². The lowest BCUT2D eigenvalue weighted by Crippen LogP contribution is -1.95. The average molecular weight is 855 g/mol. The van der Waals surface area contributed by atoms with Gasteiger partial charge < -0.3 is 19.7 Å². The maximum absolute atomic E-state index is 9.78. The standard InChI is InChI=1S/C13H14O.2C13H14.C11H16O.C10H12O2/c1-9(2)13-11-6-4-3-5-10(11)7-8-12(13)14;1-10(2)12-9-5-7-11-6-3-4-8-13(11)12;1-10(2)12-8-7-11-5-3-4-6-13(11)9-12;1-7(2)11-8(3)5-10(12)6-9(11)4;1-7(2)8-3-4-9-10(5-8)12-6-11-9/h3-9,14H,1-2H3;2*3-10H,1-2H3;5-7,12H,1-4H3;3-5,7H,6H2,1-2H3. The van der Waals surface area contributed by atoms with Crippen molar-refractivity contribution in [1.29, 1.82) is 0 Å². The second-order valence-corrected chi connectivity index (χ2v) is 18.3. The molecule has 0 fully saturated rings. The van der Waals surface area contributed by atoms with E-state index in [9.17, 15) is 10.2 Å². The van der Waals surface area contributed by atoms with Crippen molar-refractivity contribution in [3.05, 3.63) is 191 Å². The summed E-state index contributed by atoms with van der Waals surface area (Å²) in [6, 6.07) is 51.9. The van der Waals surface area contributed by atoms with Crippen LogP contribution in [-0.2, 0) is 0 Å². The molecule has 64 heavy (non-hydrogen) atoms. The van der Waals surface area contributed by atoms with E-state index in [1.165, 1.54) is 60.3 Å². The minimum atomic E-state index is 0.348. The van der Waals surface area contributed by atoms with Crippen molar-refractivity contribution < 1.29 is 19.7 Å². The van der Waals surface area contributed by atoms with E-state index in [1.54, 1.807) is 6.07 Å². The maximum atomic E-state index is 9.78. The summed E-state index contributed by atoms with van der Waals surface area (Å²) < 4.78 is 10.5. The van der Waals surface area contributed by atoms with E-state index in [4.69, 9.17) is 9.47 Å². The summed E-state index contributed by atoms with van der Waals surface area (Å²) in [5.41, 5.74) is 8.91. The van der Waals surface area contributed by atoms with Gasteiger partial charge in [-0.15, -0.1) is 0 Å². The summed E-state index contributed by atoms with van der Waals surface area (Å²) in [6.45, 7) is 26.2. The van der Waals surface area contributed by atoms with Crippen LogP contribution in [0.4, 0.5) is 0 Å². The monoisotopic (exact) mass is 855 g/mol. The molecule has 0 amide bonds. The Balaban J connectivity index is 0.000000151. The predicted octanol–water partition coefficient (Wildman–Crippen LogP) is 17.3. The van der Waals surface area contributed by atoms with Crippen LogP contribution >= 0.6 is 0 Å². The molecular weight excluding hydrogens is 785 g/mol. The highest BCUT2D eigenvalue weighted by atomic mass is 16.7. The third-order valence-electron chi connectivity index (χ3n) is 11.6. The zero-order valence-corrected chi connectivity index (χ0v) is 40.2. The molecule has 0 spiro atoms. The van der Waals surface area contributed by atoms with Gasteiger partial charge in [0.15, 0.2) is 11.5 Å². The molecule has 0 radical (unpaired) electrons. The molecule has 4 heteroatoms. The SMILES string of the molecule is CC(C)c1c(O)ccc2ccccc12.CC(C)c1ccc2c(c1)OCO2.CC(C)c1ccc2ccccc2c1.CC(C)c1cccc2ccccc12.Cc1cc(O)cc(C)c1C(C)C. The molecule has 8 aromatic carbocycles. The minimum Gasteiger partial charge on any atom is -0.508 e. The molecule has 2 N–H and O–H groups in total. The van der Waals surface area contributed by atoms with Crippen LogP contribution in [0.3, 0.4) is 0 Å². The highest BCUT2D eigenvalue weighted by molar-refractivity contribution is 5.88. The fourth-order valence-electron chi connectivity index (χ4n) is 8.35. The Bertz CT molecular complexity index is 2700. The summed E-state index contributed by atoms with van der Waals surface area (Å²) in [5.74, 6) is 5.15. The molecule has 0 aliphatic carbocycles. The molecule has 0 bridgehead atoms. The number of phenols is 2. The number of aryl methyl sites for hydroxylation is 2. The number of phenolic OH excluding ortho intramolecular Hbond substituents is 2. The maximum Gasteiger partial charge on any atom is 0.231 e. The minimum absolute atomic E-state index is 0.348. The summed E-state index contributed by atoms with van der Waals surface area (Å²) >= 11 is 0. The van der Waals surface area contributed by atoms with E-state index in [1.807, 2.05) is 56.3 Å². The van der Waals surface area contributed by atoms with Gasteiger partial charge >= 0.3 is 0 Å². The van der Waals surface area contributed by atoms with Gasteiger partial charge in [-0.3, -0.25) is 0 Å². The molecule has 0 saturated carbocycles. The number of ether oxygens (including phenoxy) is 2. The highest BCUT2D eigenvalue weighted by Crippen LogP contribution is 2.35. The van der Waals surface area contributed by atoms with Crippen LogP contribution < -0.4 is 9.47 Å². The lowest BCUT2D eigenvalue weighted by molar-refractivity contribution is 0.174. The number of aromatic hydroxyl groups is 2. The summed E-state index contributed by atoms with van der Waals surface area (Å²) in [6.07, 6.45) is 0. The van der Waals surface area contributed by atoms with E-state index < -0.39 is 0 Å². The van der Waals surface area contributed by atoms with E-state index in [2.05, 4.69) is 172 Å². The third-order valence-corrected chi connectivity index (χ3v) is 11.6. The zero-order valence-electron chi connectivity index (χ0n) is 40.2. The fourth-order valence-corrected chi connectivity index (χ4v) is 8.35. The van der Waals surface area contributed by atoms with Crippen LogP contribution in [0.1, 0.15) is 138 Å². The predicted molar refractivity (Wildman–Crippen MR) is 274 cm³/mol. The number of benzene rings is 8. The Kier molecular flexibility index (Phi) is 17.4. The Morgan fingerprint density at radius 3 is 1.47 bits per heavy atom. The quantitative estimate of drug-likeness (QED) is 0.181. The first-order valence-electron chi connectivity index (χ1n) is 22.9. The second-order valence-electron chi connectivity index (χ2n) is 18.3. The molecule has 8 aromatic rings. The number of hydrogen-bond donors (Lipinski definition) is 2. The molecular formula is C60H70O4. The molecule has 0 unspecified atom stereocenters. The van der Waals surface area contributed by atoms with E-state index in [0.29, 0.717) is 47.9 Å². The highest BCUT2D eigenvalue weighted by Gasteiger charge is 2.14. The number of hydrogen-bond acceptors (Lipinski definition) is 4. The van der Waals surface area contributed by atoms with Crippen LogP contribution in [0.25, 0.3) is 32.3 Å². The number of rotatable bonds is 5. The molecule has 4 nitrogen and oxygen atoms in total. The van der Waals surface area contributed by atoms with Gasteiger partial charge in [-0.1, -0.05) is 191 Å². The van der Waals surface area contributed by atoms with Crippen LogP contribution in [0, 0.1) is 13.8 Å². The molecule has 0 saturated heterocycles. The van der Waals surface area contributed by atoms with E-state index in [-0.39, 0.29) is 0 Å². The Morgan fingerprint density at radius 2 is 0.875 bits per heavy atom. The summed E-state index contributed by atoms with van der Waals surface area (Å²) in [5, 5.41) is 26.8. The van der Waals surface area contributed by atoms with Gasteiger partial charge in [0, 0.05) is 5.56 Å². The lowest BCUT2D eigenvalue weighted by Gasteiger charge is -2.13. The zero-order chi connectivity index (χ0) is 46.5. The molecule has 334 valence electrons. The molecule has 0 atom stereocenters. The molecule has 1 aliphatic rings. The topological polar surface area (TPSA) is 58.9 Å². The average Bonchev–Trinajstić information content (AvgIpc) is 3.75. The largest absolute Gasteiger partial charge is 0.508 e. The van der Waals surface area contributed by atoms with Crippen molar-refractivity contribution in [3.8, 4) is 23.0 Å². The number of fused-ring (bicyclic) bond motifs is 4. The van der Waals surface area contributed by atoms with Gasteiger partial charge in [-0.2, -0.15) is 0 Å². The van der Waals surface area contributed by atoms with Crippen molar-refractivity contribution in [2.75, 3.05) is 6.79 Å². The van der Waals surface area contributed by atoms with Gasteiger partial charge in [0.2, 0.25) is 6.79 Å². The second kappa shape index (κ2) is 22.9. The Labute approximate surface area is 383 Å². The molecule has 0 aromatic heterocycles. The fraction of sp³-hybridized carbons (Fsp3) is 0.300. The van der Waals surface area contributed by atoms with Crippen molar-refractivity contribution in [1.82, 2.24) is 0 Å². The molecule has 9 rings (SSSR count). The molecule has 1 heterocycles. The molecule has 1 aliphatic heterocycles. The van der Waals surface area contributed by atoms with Gasteiger partial charge in [-0.05, 0) is 139 Å². The van der Waals surface area contributed by atoms with Gasteiger partial charge in [0.05, 0.1) is 0 Å².